The van der Waals surface area contributed by atoms with Gasteiger partial charge >= 0.3 is 0 Å². The molecule has 0 aliphatic heterocycles. The number of tetrazole rings is 1. The molecule has 0 atom stereocenters. The number of nitrogens with two attached hydrogens (primary N) is 1. The van der Waals surface area contributed by atoms with E-state index in [1.165, 1.54) is 0 Å². The fourth-order valence-electron chi connectivity index (χ4n) is 2.74. The average molecular weight is 291 g/mol. The highest BCUT2D eigenvalue weighted by atomic mass is 19.1. The number of hydrogen-bond donors (Lipinski definition) is 1. The molecule has 1 fully saturated rings. The summed E-state index contributed by atoms with van der Waals surface area (Å²) in [5.74, 6) is 0.0338. The van der Waals surface area contributed by atoms with Crippen molar-refractivity contribution in [2.24, 2.45) is 0 Å². The topological polar surface area (TPSA) is 78.8 Å². The maximum Gasteiger partial charge on any atom is 0.185 e. The Morgan fingerprint density at radius 2 is 2.19 bits per heavy atom. The quantitative estimate of drug-likeness (QED) is 0.871. The lowest BCUT2D eigenvalue weighted by atomic mass is 9.80. The molecule has 1 aromatic heterocycles. The van der Waals surface area contributed by atoms with E-state index in [0.717, 1.165) is 19.3 Å². The van der Waals surface area contributed by atoms with E-state index in [2.05, 4.69) is 15.5 Å². The maximum absolute atomic E-state index is 14.3. The summed E-state index contributed by atoms with van der Waals surface area (Å²) >= 11 is 0. The molecule has 1 aliphatic rings. The van der Waals surface area contributed by atoms with Gasteiger partial charge in [0.05, 0.1) is 17.7 Å². The highest BCUT2D eigenvalue weighted by Gasteiger charge is 2.38. The first-order chi connectivity index (χ1) is 10.0. The predicted molar refractivity (Wildman–Crippen MR) is 76.0 cm³/mol. The summed E-state index contributed by atoms with van der Waals surface area (Å²) in [6.45, 7) is 2.19. The molecule has 0 spiro atoms. The molecule has 3 rings (SSSR count). The summed E-state index contributed by atoms with van der Waals surface area (Å²) < 4.78 is 21.5. The fraction of sp³-hybridized carbons (Fsp3) is 0.500. The van der Waals surface area contributed by atoms with Gasteiger partial charge in [0.25, 0.3) is 0 Å². The Labute approximate surface area is 122 Å². The summed E-state index contributed by atoms with van der Waals surface area (Å²) in [5.41, 5.74) is 6.85. The summed E-state index contributed by atoms with van der Waals surface area (Å²) in [5, 5.41) is 11.6. The average Bonchev–Trinajstić information content (AvgIpc) is 2.86. The molecule has 112 valence electrons. The number of nitrogens with zero attached hydrogens (tertiary/aromatic N) is 4. The number of hydrogen-bond acceptors (Lipinski definition) is 5. The molecule has 1 saturated carbocycles. The number of ether oxygens (including phenoxy) is 1. The van der Waals surface area contributed by atoms with E-state index in [1.807, 2.05) is 0 Å². The lowest BCUT2D eigenvalue weighted by Crippen LogP contribution is -2.43. The molecule has 0 unspecified atom stereocenters. The first-order valence-electron chi connectivity index (χ1n) is 6.92. The van der Waals surface area contributed by atoms with Crippen molar-refractivity contribution in [3.8, 4) is 11.4 Å². The van der Waals surface area contributed by atoms with Crippen LogP contribution in [0.4, 0.5) is 10.1 Å². The molecule has 0 saturated heterocycles. The summed E-state index contributed by atoms with van der Waals surface area (Å²) in [4.78, 5) is 0. The monoisotopic (exact) mass is 291 g/mol. The van der Waals surface area contributed by atoms with Crippen LogP contribution in [0.5, 0.6) is 0 Å². The summed E-state index contributed by atoms with van der Waals surface area (Å²) in [6, 6.07) is 3.15. The van der Waals surface area contributed by atoms with E-state index in [0.29, 0.717) is 29.2 Å². The zero-order valence-electron chi connectivity index (χ0n) is 12.1. The molecular formula is C14H18FN5O. The van der Waals surface area contributed by atoms with Crippen molar-refractivity contribution in [2.45, 2.75) is 38.3 Å². The van der Waals surface area contributed by atoms with Gasteiger partial charge in [0.15, 0.2) is 5.82 Å². The van der Waals surface area contributed by atoms with Gasteiger partial charge in [-0.15, -0.1) is 5.10 Å². The number of anilines is 1. The van der Waals surface area contributed by atoms with E-state index in [9.17, 15) is 4.39 Å². The van der Waals surface area contributed by atoms with Gasteiger partial charge in [-0.25, -0.2) is 9.07 Å². The Bertz CT molecular complexity index is 660. The predicted octanol–water partition coefficient (Wildman–Crippen LogP) is 1.94. The molecule has 7 heteroatoms. The number of aromatic nitrogens is 4. The third kappa shape index (κ3) is 2.37. The molecule has 0 radical (unpaired) electrons. The van der Waals surface area contributed by atoms with Crippen LogP contribution in [0.3, 0.4) is 0 Å². The molecular weight excluding hydrogens is 273 g/mol. The molecule has 2 aromatic rings. The minimum Gasteiger partial charge on any atom is -0.399 e. The Morgan fingerprint density at radius 1 is 1.43 bits per heavy atom. The Balaban J connectivity index is 1.99. The van der Waals surface area contributed by atoms with Crippen LogP contribution in [-0.4, -0.2) is 32.9 Å². The normalized spacial score (nSPS) is 16.7. The van der Waals surface area contributed by atoms with Crippen molar-refractivity contribution in [1.29, 1.82) is 0 Å². The van der Waals surface area contributed by atoms with Gasteiger partial charge in [-0.1, -0.05) is 0 Å². The molecule has 1 aliphatic carbocycles. The minimum atomic E-state index is -0.347. The lowest BCUT2D eigenvalue weighted by Gasteiger charge is -2.40. The van der Waals surface area contributed by atoms with Gasteiger partial charge in [0.2, 0.25) is 0 Å². The van der Waals surface area contributed by atoms with Crippen molar-refractivity contribution in [3.05, 3.63) is 23.5 Å². The van der Waals surface area contributed by atoms with E-state index < -0.39 is 0 Å². The van der Waals surface area contributed by atoms with Crippen molar-refractivity contribution in [3.63, 3.8) is 0 Å². The summed E-state index contributed by atoms with van der Waals surface area (Å²) in [6.07, 6.45) is 3.04. The Kier molecular flexibility index (Phi) is 3.36. The van der Waals surface area contributed by atoms with E-state index in [4.69, 9.17) is 10.5 Å². The largest absolute Gasteiger partial charge is 0.399 e. The second-order valence-electron chi connectivity index (χ2n) is 5.60. The molecule has 2 N–H and O–H groups in total. The third-order valence-electron chi connectivity index (χ3n) is 4.19. The van der Waals surface area contributed by atoms with Crippen molar-refractivity contribution in [1.82, 2.24) is 20.2 Å². The van der Waals surface area contributed by atoms with Gasteiger partial charge in [-0.3, -0.25) is 0 Å². The van der Waals surface area contributed by atoms with E-state index in [1.54, 1.807) is 30.8 Å². The summed E-state index contributed by atoms with van der Waals surface area (Å²) in [7, 11) is 1.69. The maximum atomic E-state index is 14.3. The van der Waals surface area contributed by atoms with Gasteiger partial charge in [0.1, 0.15) is 5.82 Å². The van der Waals surface area contributed by atoms with Gasteiger partial charge in [0, 0.05) is 12.8 Å². The van der Waals surface area contributed by atoms with Crippen LogP contribution in [0, 0.1) is 12.7 Å². The second kappa shape index (κ2) is 5.07. The molecule has 21 heavy (non-hydrogen) atoms. The number of halogens is 1. The molecule has 6 nitrogen and oxygen atoms in total. The zero-order valence-corrected chi connectivity index (χ0v) is 12.1. The lowest BCUT2D eigenvalue weighted by molar-refractivity contribution is -0.0855. The number of rotatable bonds is 4. The van der Waals surface area contributed by atoms with Crippen molar-refractivity contribution >= 4 is 5.69 Å². The SMILES string of the molecule is COC1(Cn2nnnc2-c2cc(N)cc(C)c2F)CCC1. The molecule has 0 bridgehead atoms. The Hall–Kier alpha value is -2.02. The van der Waals surface area contributed by atoms with Gasteiger partial charge < -0.3 is 10.5 Å². The number of aryl methyl sites for hydroxylation is 1. The van der Waals surface area contributed by atoms with Crippen LogP contribution < -0.4 is 5.73 Å². The van der Waals surface area contributed by atoms with Crippen LogP contribution in [0.2, 0.25) is 0 Å². The van der Waals surface area contributed by atoms with E-state index in [-0.39, 0.29) is 11.4 Å². The molecule has 0 amide bonds. The smallest absolute Gasteiger partial charge is 0.185 e. The minimum absolute atomic E-state index is 0.240. The van der Waals surface area contributed by atoms with Crippen LogP contribution >= 0.6 is 0 Å². The van der Waals surface area contributed by atoms with E-state index >= 15 is 0 Å². The number of methoxy groups -OCH3 is 1. The standard InChI is InChI=1S/C14H18FN5O/c1-9-6-10(16)7-11(12(9)15)13-17-18-19-20(13)8-14(21-2)4-3-5-14/h6-7H,3-5,8,16H2,1-2H3. The first kappa shape index (κ1) is 13.9. The second-order valence-corrected chi connectivity index (χ2v) is 5.60. The third-order valence-corrected chi connectivity index (χ3v) is 4.19. The molecule has 1 heterocycles. The number of benzene rings is 1. The number of nitrogen functional groups attached to an aromatic ring is 1. The fourth-order valence-corrected chi connectivity index (χ4v) is 2.74. The van der Waals surface area contributed by atoms with Crippen LogP contribution in [0.25, 0.3) is 11.4 Å². The van der Waals surface area contributed by atoms with Crippen LogP contribution in [0.15, 0.2) is 12.1 Å². The van der Waals surface area contributed by atoms with Gasteiger partial charge in [-0.05, 0) is 54.3 Å². The molecule has 1 aromatic carbocycles. The highest BCUT2D eigenvalue weighted by Crippen LogP contribution is 2.37. The van der Waals surface area contributed by atoms with Crippen molar-refractivity contribution < 1.29 is 9.13 Å². The first-order valence-corrected chi connectivity index (χ1v) is 6.92. The highest BCUT2D eigenvalue weighted by molar-refractivity contribution is 5.63. The zero-order chi connectivity index (χ0) is 15.0. The van der Waals surface area contributed by atoms with Crippen LogP contribution in [0.1, 0.15) is 24.8 Å². The van der Waals surface area contributed by atoms with Crippen LogP contribution in [-0.2, 0) is 11.3 Å². The van der Waals surface area contributed by atoms with Gasteiger partial charge in [-0.2, -0.15) is 0 Å². The Morgan fingerprint density at radius 3 is 2.81 bits per heavy atom. The van der Waals surface area contributed by atoms with Crippen molar-refractivity contribution in [2.75, 3.05) is 12.8 Å².